The summed E-state index contributed by atoms with van der Waals surface area (Å²) in [7, 11) is 1.92. The molecule has 1 saturated heterocycles. The molecule has 1 amide bonds. The fraction of sp³-hybridized carbons (Fsp3) is 0.750. The van der Waals surface area contributed by atoms with Crippen LogP contribution in [-0.4, -0.2) is 33.2 Å². The van der Waals surface area contributed by atoms with Gasteiger partial charge in [-0.3, -0.25) is 9.48 Å². The molecular weight excluding hydrogens is 250 g/mol. The van der Waals surface area contributed by atoms with Crippen LogP contribution in [0.3, 0.4) is 0 Å². The van der Waals surface area contributed by atoms with Gasteiger partial charge in [0.05, 0.1) is 0 Å². The summed E-state index contributed by atoms with van der Waals surface area (Å²) in [6, 6.07) is 2.38. The molecule has 2 aliphatic rings. The second-order valence-corrected chi connectivity index (χ2v) is 7.44. The predicted molar refractivity (Wildman–Crippen MR) is 78.6 cm³/mol. The number of rotatable bonds is 3. The molecule has 1 aromatic rings. The summed E-state index contributed by atoms with van der Waals surface area (Å²) < 4.78 is 1.84. The Morgan fingerprint density at radius 2 is 2.05 bits per heavy atom. The average Bonchev–Trinajstić information content (AvgIpc) is 3.06. The molecule has 110 valence electrons. The first-order chi connectivity index (χ1) is 9.31. The van der Waals surface area contributed by atoms with E-state index in [-0.39, 0.29) is 11.3 Å². The molecule has 4 heteroatoms. The molecule has 1 aliphatic heterocycles. The number of hydrogen-bond acceptors (Lipinski definition) is 2. The van der Waals surface area contributed by atoms with E-state index < -0.39 is 0 Å². The summed E-state index contributed by atoms with van der Waals surface area (Å²) in [5.74, 6) is 1.22. The van der Waals surface area contributed by atoms with Gasteiger partial charge >= 0.3 is 0 Å². The molecule has 2 fully saturated rings. The summed E-state index contributed by atoms with van der Waals surface area (Å²) in [4.78, 5) is 14.7. The predicted octanol–water partition coefficient (Wildman–Crippen LogP) is 2.80. The fourth-order valence-corrected chi connectivity index (χ4v) is 3.72. The van der Waals surface area contributed by atoms with Gasteiger partial charge in [0.1, 0.15) is 0 Å². The van der Waals surface area contributed by atoms with Crippen molar-refractivity contribution in [2.45, 2.75) is 52.5 Å². The normalized spacial score (nSPS) is 24.9. The van der Waals surface area contributed by atoms with E-state index in [1.165, 1.54) is 12.8 Å². The Kier molecular flexibility index (Phi) is 2.96. The Morgan fingerprint density at radius 3 is 2.50 bits per heavy atom. The highest BCUT2D eigenvalue weighted by Crippen LogP contribution is 2.50. The van der Waals surface area contributed by atoms with Crippen LogP contribution in [0.25, 0.3) is 0 Å². The van der Waals surface area contributed by atoms with E-state index in [1.54, 1.807) is 0 Å². The van der Waals surface area contributed by atoms with Gasteiger partial charge in [-0.1, -0.05) is 27.7 Å². The Hall–Kier alpha value is -1.32. The summed E-state index contributed by atoms with van der Waals surface area (Å²) in [5, 5.41) is 4.42. The van der Waals surface area contributed by atoms with Gasteiger partial charge in [0.2, 0.25) is 0 Å². The number of amides is 1. The summed E-state index contributed by atoms with van der Waals surface area (Å²) in [6.45, 7) is 9.67. The zero-order chi connectivity index (χ0) is 14.7. The largest absolute Gasteiger partial charge is 0.333 e. The molecule has 1 aliphatic carbocycles. The quantitative estimate of drug-likeness (QED) is 0.850. The number of likely N-dealkylation sites (tertiary alicyclic amines) is 1. The molecule has 0 bridgehead atoms. The highest BCUT2D eigenvalue weighted by molar-refractivity contribution is 5.93. The second kappa shape index (κ2) is 4.34. The van der Waals surface area contributed by atoms with Crippen LogP contribution >= 0.6 is 0 Å². The molecule has 1 atom stereocenters. The van der Waals surface area contributed by atoms with Crippen molar-refractivity contribution >= 4 is 5.91 Å². The standard InChI is InChI=1S/C16H25N3O/c1-10(2)13-8-12(17-18(13)5)15(20)19-9-16(3,4)14(19)11-6-7-11/h8,10-11,14H,6-7,9H2,1-5H3. The van der Waals surface area contributed by atoms with Crippen molar-refractivity contribution in [1.82, 2.24) is 14.7 Å². The number of nitrogens with zero attached hydrogens (tertiary/aromatic N) is 3. The fourth-order valence-electron chi connectivity index (χ4n) is 3.72. The number of carbonyl (C=O) groups excluding carboxylic acids is 1. The maximum absolute atomic E-state index is 12.7. The number of carbonyl (C=O) groups is 1. The minimum absolute atomic E-state index is 0.115. The highest BCUT2D eigenvalue weighted by atomic mass is 16.2. The van der Waals surface area contributed by atoms with Crippen molar-refractivity contribution in [2.75, 3.05) is 6.54 Å². The van der Waals surface area contributed by atoms with Crippen LogP contribution in [-0.2, 0) is 7.05 Å². The van der Waals surface area contributed by atoms with E-state index in [0.29, 0.717) is 17.7 Å². The lowest BCUT2D eigenvalue weighted by Crippen LogP contribution is -2.64. The first-order valence-electron chi connectivity index (χ1n) is 7.66. The monoisotopic (exact) mass is 275 g/mol. The van der Waals surface area contributed by atoms with E-state index in [2.05, 4.69) is 32.8 Å². The first-order valence-corrected chi connectivity index (χ1v) is 7.66. The molecule has 4 nitrogen and oxygen atoms in total. The van der Waals surface area contributed by atoms with Crippen LogP contribution in [0.5, 0.6) is 0 Å². The lowest BCUT2D eigenvalue weighted by Gasteiger charge is -2.54. The van der Waals surface area contributed by atoms with Crippen LogP contribution in [0.1, 0.15) is 62.6 Å². The van der Waals surface area contributed by atoms with Gasteiger partial charge in [-0.05, 0) is 30.7 Å². The molecule has 3 rings (SSSR count). The van der Waals surface area contributed by atoms with Crippen molar-refractivity contribution in [3.63, 3.8) is 0 Å². The second-order valence-electron chi connectivity index (χ2n) is 7.44. The van der Waals surface area contributed by atoms with E-state index in [9.17, 15) is 4.79 Å². The molecular formula is C16H25N3O. The topological polar surface area (TPSA) is 38.1 Å². The van der Waals surface area contributed by atoms with Crippen LogP contribution in [0.2, 0.25) is 0 Å². The minimum atomic E-state index is 0.115. The van der Waals surface area contributed by atoms with Gasteiger partial charge in [-0.2, -0.15) is 5.10 Å². The number of hydrogen-bond donors (Lipinski definition) is 0. The van der Waals surface area contributed by atoms with E-state index in [1.807, 2.05) is 22.7 Å². The maximum atomic E-state index is 12.7. The Balaban J connectivity index is 1.81. The van der Waals surface area contributed by atoms with Gasteiger partial charge in [0.15, 0.2) is 5.69 Å². The van der Waals surface area contributed by atoms with Crippen molar-refractivity contribution in [1.29, 1.82) is 0 Å². The molecule has 0 radical (unpaired) electrons. The molecule has 0 N–H and O–H groups in total. The number of aromatic nitrogens is 2. The molecule has 20 heavy (non-hydrogen) atoms. The molecule has 2 heterocycles. The van der Waals surface area contributed by atoms with Crippen molar-refractivity contribution < 1.29 is 4.79 Å². The Bertz CT molecular complexity index is 540. The molecule has 0 spiro atoms. The summed E-state index contributed by atoms with van der Waals surface area (Å²) >= 11 is 0. The molecule has 0 aromatic carbocycles. The van der Waals surface area contributed by atoms with Crippen LogP contribution in [0.4, 0.5) is 0 Å². The van der Waals surface area contributed by atoms with Crippen molar-refractivity contribution in [3.05, 3.63) is 17.5 Å². The molecule has 1 saturated carbocycles. The van der Waals surface area contributed by atoms with Crippen LogP contribution in [0, 0.1) is 11.3 Å². The van der Waals surface area contributed by atoms with Gasteiger partial charge in [0, 0.05) is 30.7 Å². The highest BCUT2D eigenvalue weighted by Gasteiger charge is 2.54. The van der Waals surface area contributed by atoms with Crippen molar-refractivity contribution in [3.8, 4) is 0 Å². The Morgan fingerprint density at radius 1 is 1.40 bits per heavy atom. The summed E-state index contributed by atoms with van der Waals surface area (Å²) in [6.07, 6.45) is 2.55. The zero-order valence-corrected chi connectivity index (χ0v) is 13.2. The summed E-state index contributed by atoms with van der Waals surface area (Å²) in [5.41, 5.74) is 2.00. The zero-order valence-electron chi connectivity index (χ0n) is 13.2. The van der Waals surface area contributed by atoms with Crippen LogP contribution < -0.4 is 0 Å². The van der Waals surface area contributed by atoms with Gasteiger partial charge in [-0.25, -0.2) is 0 Å². The van der Waals surface area contributed by atoms with Gasteiger partial charge in [-0.15, -0.1) is 0 Å². The minimum Gasteiger partial charge on any atom is -0.333 e. The Labute approximate surface area is 121 Å². The smallest absolute Gasteiger partial charge is 0.274 e. The molecule has 1 unspecified atom stereocenters. The molecule has 1 aromatic heterocycles. The van der Waals surface area contributed by atoms with Gasteiger partial charge < -0.3 is 4.90 Å². The number of aryl methyl sites for hydroxylation is 1. The average molecular weight is 275 g/mol. The van der Waals surface area contributed by atoms with Gasteiger partial charge in [0.25, 0.3) is 5.91 Å². The van der Waals surface area contributed by atoms with E-state index >= 15 is 0 Å². The third-order valence-electron chi connectivity index (χ3n) is 4.77. The van der Waals surface area contributed by atoms with Crippen LogP contribution in [0.15, 0.2) is 6.07 Å². The van der Waals surface area contributed by atoms with E-state index in [4.69, 9.17) is 0 Å². The third kappa shape index (κ3) is 2.05. The third-order valence-corrected chi connectivity index (χ3v) is 4.77. The maximum Gasteiger partial charge on any atom is 0.274 e. The first kappa shape index (κ1) is 13.7. The van der Waals surface area contributed by atoms with E-state index in [0.717, 1.165) is 18.2 Å². The lowest BCUT2D eigenvalue weighted by atomic mass is 9.72. The SMILES string of the molecule is CC(C)c1cc(C(=O)N2CC(C)(C)C2C2CC2)nn1C. The van der Waals surface area contributed by atoms with Crippen molar-refractivity contribution in [2.24, 2.45) is 18.4 Å². The lowest BCUT2D eigenvalue weighted by molar-refractivity contribution is -0.0413.